The zero-order valence-electron chi connectivity index (χ0n) is 19.6. The fourth-order valence-electron chi connectivity index (χ4n) is 2.52. The Kier molecular flexibility index (Phi) is 7.68. The summed E-state index contributed by atoms with van der Waals surface area (Å²) in [5.74, 6) is 1.36. The summed E-state index contributed by atoms with van der Waals surface area (Å²) in [6.07, 6.45) is 0.413. The van der Waals surface area contributed by atoms with Crippen LogP contribution in [0.2, 0.25) is 18.1 Å². The van der Waals surface area contributed by atoms with Crippen LogP contribution in [-0.2, 0) is 18.3 Å². The van der Waals surface area contributed by atoms with Gasteiger partial charge >= 0.3 is 6.09 Å². The SMILES string of the molecule is CC(C)CCOC(=O)NCc1c(-c2ccc(O[Si](C)(C)C(C)(C)C)cc2)nnn1C. The van der Waals surface area contributed by atoms with Gasteiger partial charge in [-0.2, -0.15) is 0 Å². The standard InChI is InChI=1S/C22H36N4O3Si/c1-16(2)13-14-28-21(27)23-15-19-20(24-25-26(19)6)17-9-11-18(12-10-17)29-30(7,8)22(3,4)5/h9-12,16H,13-15H2,1-8H3,(H,23,27). The summed E-state index contributed by atoms with van der Waals surface area (Å²) in [5, 5.41) is 11.3. The zero-order valence-corrected chi connectivity index (χ0v) is 20.6. The first kappa shape index (κ1) is 23.9. The van der Waals surface area contributed by atoms with Crippen LogP contribution in [0.1, 0.15) is 46.7 Å². The summed E-state index contributed by atoms with van der Waals surface area (Å²) in [6.45, 7) is 16.0. The van der Waals surface area contributed by atoms with Gasteiger partial charge in [0, 0.05) is 12.6 Å². The van der Waals surface area contributed by atoms with E-state index in [0.29, 0.717) is 19.1 Å². The molecule has 0 fully saturated rings. The topological polar surface area (TPSA) is 78.3 Å². The highest BCUT2D eigenvalue weighted by atomic mass is 28.4. The van der Waals surface area contributed by atoms with Crippen molar-refractivity contribution in [3.8, 4) is 17.0 Å². The van der Waals surface area contributed by atoms with E-state index in [0.717, 1.165) is 29.1 Å². The largest absolute Gasteiger partial charge is 0.544 e. The summed E-state index contributed by atoms with van der Waals surface area (Å²) in [7, 11) is -0.0743. The fourth-order valence-corrected chi connectivity index (χ4v) is 3.55. The lowest BCUT2D eigenvalue weighted by Gasteiger charge is -2.36. The number of amides is 1. The molecule has 2 aromatic rings. The van der Waals surface area contributed by atoms with Crippen LogP contribution >= 0.6 is 0 Å². The number of aryl methyl sites for hydroxylation is 1. The molecule has 8 heteroatoms. The van der Waals surface area contributed by atoms with Gasteiger partial charge in [-0.25, -0.2) is 9.48 Å². The van der Waals surface area contributed by atoms with Gasteiger partial charge in [-0.1, -0.05) is 39.8 Å². The third kappa shape index (κ3) is 6.32. The molecule has 166 valence electrons. The normalized spacial score (nSPS) is 12.2. The average Bonchev–Trinajstić information content (AvgIpc) is 2.99. The molecule has 7 nitrogen and oxygen atoms in total. The van der Waals surface area contributed by atoms with Crippen molar-refractivity contribution in [2.45, 2.75) is 65.7 Å². The van der Waals surface area contributed by atoms with E-state index in [4.69, 9.17) is 9.16 Å². The summed E-state index contributed by atoms with van der Waals surface area (Å²) in [4.78, 5) is 11.9. The number of benzene rings is 1. The molecule has 1 aromatic heterocycles. The van der Waals surface area contributed by atoms with Crippen LogP contribution in [0.3, 0.4) is 0 Å². The van der Waals surface area contributed by atoms with Crippen LogP contribution in [0, 0.1) is 5.92 Å². The molecule has 0 unspecified atom stereocenters. The maximum atomic E-state index is 11.9. The van der Waals surface area contributed by atoms with Gasteiger partial charge in [0.1, 0.15) is 11.4 Å². The lowest BCUT2D eigenvalue weighted by molar-refractivity contribution is 0.140. The minimum atomic E-state index is -1.89. The van der Waals surface area contributed by atoms with E-state index >= 15 is 0 Å². The molecule has 0 saturated heterocycles. The molecule has 0 radical (unpaired) electrons. The summed E-state index contributed by atoms with van der Waals surface area (Å²) >= 11 is 0. The van der Waals surface area contributed by atoms with Crippen molar-refractivity contribution in [1.29, 1.82) is 0 Å². The molecule has 0 saturated carbocycles. The lowest BCUT2D eigenvalue weighted by atomic mass is 10.1. The van der Waals surface area contributed by atoms with Crippen LogP contribution in [0.5, 0.6) is 5.75 Å². The Hall–Kier alpha value is -2.35. The van der Waals surface area contributed by atoms with Gasteiger partial charge in [-0.3, -0.25) is 0 Å². The van der Waals surface area contributed by atoms with Crippen molar-refractivity contribution < 1.29 is 14.0 Å². The van der Waals surface area contributed by atoms with Gasteiger partial charge in [0.15, 0.2) is 0 Å². The third-order valence-electron chi connectivity index (χ3n) is 5.58. The van der Waals surface area contributed by atoms with Gasteiger partial charge in [-0.15, -0.1) is 5.10 Å². The minimum Gasteiger partial charge on any atom is -0.544 e. The van der Waals surface area contributed by atoms with E-state index < -0.39 is 14.4 Å². The molecule has 0 aliphatic carbocycles. The van der Waals surface area contributed by atoms with E-state index in [1.165, 1.54) is 0 Å². The Bertz CT molecular complexity index is 839. The molecular formula is C22H36N4O3Si. The number of nitrogens with one attached hydrogen (secondary N) is 1. The number of hydrogen-bond acceptors (Lipinski definition) is 5. The number of hydrogen-bond donors (Lipinski definition) is 1. The Morgan fingerprint density at radius 1 is 1.20 bits per heavy atom. The predicted octanol–water partition coefficient (Wildman–Crippen LogP) is 5.14. The molecular weight excluding hydrogens is 396 g/mol. The fraction of sp³-hybridized carbons (Fsp3) is 0.591. The maximum absolute atomic E-state index is 11.9. The Labute approximate surface area is 181 Å². The third-order valence-corrected chi connectivity index (χ3v) is 9.94. The summed E-state index contributed by atoms with van der Waals surface area (Å²) < 4.78 is 13.2. The van der Waals surface area contributed by atoms with Gasteiger partial charge < -0.3 is 14.5 Å². The Balaban J connectivity index is 2.06. The molecule has 2 rings (SSSR count). The number of nitrogens with zero attached hydrogens (tertiary/aromatic N) is 3. The highest BCUT2D eigenvalue weighted by Gasteiger charge is 2.38. The molecule has 0 bridgehead atoms. The first-order valence-electron chi connectivity index (χ1n) is 10.5. The second-order valence-electron chi connectivity index (χ2n) is 9.57. The highest BCUT2D eigenvalue weighted by molar-refractivity contribution is 6.74. The second-order valence-corrected chi connectivity index (χ2v) is 14.3. The van der Waals surface area contributed by atoms with E-state index in [1.54, 1.807) is 4.68 Å². The molecule has 0 aliphatic heterocycles. The van der Waals surface area contributed by atoms with Crippen LogP contribution in [0.15, 0.2) is 24.3 Å². The molecule has 1 amide bonds. The average molecular weight is 433 g/mol. The number of aromatic nitrogens is 3. The van der Waals surface area contributed by atoms with Crippen LogP contribution < -0.4 is 9.74 Å². The Morgan fingerprint density at radius 3 is 2.40 bits per heavy atom. The van der Waals surface area contributed by atoms with Crippen LogP contribution in [0.25, 0.3) is 11.3 Å². The summed E-state index contributed by atoms with van der Waals surface area (Å²) in [5.41, 5.74) is 2.48. The monoisotopic (exact) mass is 432 g/mol. The molecule has 0 spiro atoms. The number of ether oxygens (including phenoxy) is 1. The van der Waals surface area contributed by atoms with Gasteiger partial charge in [0.05, 0.1) is 18.8 Å². The second kappa shape index (κ2) is 9.64. The number of carbonyl (C=O) groups excluding carboxylic acids is 1. The van der Waals surface area contributed by atoms with Gasteiger partial charge in [0.25, 0.3) is 0 Å². The number of alkyl carbamates (subject to hydrolysis) is 1. The molecule has 0 aliphatic rings. The quantitative estimate of drug-likeness (QED) is 0.585. The van der Waals surface area contributed by atoms with Gasteiger partial charge in [-0.05, 0) is 54.7 Å². The first-order chi connectivity index (χ1) is 13.9. The van der Waals surface area contributed by atoms with Crippen molar-refractivity contribution in [2.24, 2.45) is 13.0 Å². The van der Waals surface area contributed by atoms with Crippen molar-refractivity contribution in [1.82, 2.24) is 20.3 Å². The molecule has 1 N–H and O–H groups in total. The first-order valence-corrected chi connectivity index (χ1v) is 13.4. The predicted molar refractivity (Wildman–Crippen MR) is 122 cm³/mol. The van der Waals surface area contributed by atoms with E-state index in [-0.39, 0.29) is 5.04 Å². The minimum absolute atomic E-state index is 0.138. The van der Waals surface area contributed by atoms with E-state index in [1.807, 2.05) is 31.3 Å². The smallest absolute Gasteiger partial charge is 0.407 e. The maximum Gasteiger partial charge on any atom is 0.407 e. The van der Waals surface area contributed by atoms with Crippen molar-refractivity contribution in [3.63, 3.8) is 0 Å². The molecule has 1 heterocycles. The van der Waals surface area contributed by atoms with Crippen LogP contribution in [0.4, 0.5) is 4.79 Å². The molecule has 1 aromatic carbocycles. The molecule has 0 atom stereocenters. The zero-order chi connectivity index (χ0) is 22.5. The lowest BCUT2D eigenvalue weighted by Crippen LogP contribution is -2.43. The number of carbonyl (C=O) groups is 1. The summed E-state index contributed by atoms with van der Waals surface area (Å²) in [6, 6.07) is 7.91. The number of rotatable bonds is 8. The van der Waals surface area contributed by atoms with Crippen molar-refractivity contribution >= 4 is 14.4 Å². The van der Waals surface area contributed by atoms with Gasteiger partial charge in [0.2, 0.25) is 8.32 Å². The highest BCUT2D eigenvalue weighted by Crippen LogP contribution is 2.37. The van der Waals surface area contributed by atoms with E-state index in [9.17, 15) is 4.79 Å². The Morgan fingerprint density at radius 2 is 1.83 bits per heavy atom. The van der Waals surface area contributed by atoms with Crippen LogP contribution in [-0.4, -0.2) is 36.0 Å². The van der Waals surface area contributed by atoms with E-state index in [2.05, 4.69) is 63.3 Å². The van der Waals surface area contributed by atoms with Crippen molar-refractivity contribution in [2.75, 3.05) is 6.61 Å². The molecule has 30 heavy (non-hydrogen) atoms. The van der Waals surface area contributed by atoms with Crippen molar-refractivity contribution in [3.05, 3.63) is 30.0 Å².